The average molecular weight is 325 g/mol. The topological polar surface area (TPSA) is 32.3 Å². The molecule has 116 valence electrons. The minimum absolute atomic E-state index is 0.270. The number of carbonyl (C=O) groups is 1. The monoisotopic (exact) mass is 324 g/mol. The third-order valence-electron chi connectivity index (χ3n) is 4.54. The highest BCUT2D eigenvalue weighted by atomic mass is 32.2. The van der Waals surface area contributed by atoms with Crippen LogP contribution in [0.5, 0.6) is 0 Å². The maximum absolute atomic E-state index is 12.7. The lowest BCUT2D eigenvalue weighted by molar-refractivity contribution is 0.0692. The first-order chi connectivity index (χ1) is 10.3. The summed E-state index contributed by atoms with van der Waals surface area (Å²) in [5.74, 6) is 3.35. The van der Waals surface area contributed by atoms with Crippen molar-refractivity contribution in [3.05, 3.63) is 21.4 Å². The van der Waals surface area contributed by atoms with Crippen LogP contribution in [0.25, 0.3) is 0 Å². The highest BCUT2D eigenvalue weighted by Crippen LogP contribution is 2.33. The standard InChI is InChI=1S/C16H24N2OS2/c1-17-6-2-12-3-7-18(8-4-12)16(19)15-10-13-11-20-9-5-14(13)21-15/h10,12,17H,2-9,11H2,1H3. The highest BCUT2D eigenvalue weighted by Gasteiger charge is 2.25. The second-order valence-corrected chi connectivity index (χ2v) is 8.23. The Labute approximate surface area is 135 Å². The third kappa shape index (κ3) is 3.63. The Morgan fingerprint density at radius 1 is 1.43 bits per heavy atom. The van der Waals surface area contributed by atoms with Crippen molar-refractivity contribution in [2.45, 2.75) is 31.4 Å². The fourth-order valence-corrected chi connectivity index (χ4v) is 5.52. The van der Waals surface area contributed by atoms with Crippen molar-refractivity contribution in [1.82, 2.24) is 10.2 Å². The molecule has 3 rings (SSSR count). The van der Waals surface area contributed by atoms with Crippen molar-refractivity contribution in [2.24, 2.45) is 5.92 Å². The number of thioether (sulfide) groups is 1. The summed E-state index contributed by atoms with van der Waals surface area (Å²) >= 11 is 3.72. The van der Waals surface area contributed by atoms with Gasteiger partial charge in [-0.2, -0.15) is 11.8 Å². The molecule has 3 heterocycles. The quantitative estimate of drug-likeness (QED) is 0.924. The third-order valence-corrected chi connectivity index (χ3v) is 6.78. The van der Waals surface area contributed by atoms with E-state index >= 15 is 0 Å². The van der Waals surface area contributed by atoms with Gasteiger partial charge in [0.1, 0.15) is 0 Å². The Kier molecular flexibility index (Phi) is 5.24. The van der Waals surface area contributed by atoms with E-state index in [1.807, 2.05) is 18.8 Å². The van der Waals surface area contributed by atoms with E-state index in [-0.39, 0.29) is 5.91 Å². The lowest BCUT2D eigenvalue weighted by Crippen LogP contribution is -2.38. The second-order valence-electron chi connectivity index (χ2n) is 5.99. The van der Waals surface area contributed by atoms with Gasteiger partial charge in [-0.3, -0.25) is 4.79 Å². The minimum atomic E-state index is 0.270. The van der Waals surface area contributed by atoms with Crippen LogP contribution in [0.1, 0.15) is 39.4 Å². The predicted octanol–water partition coefficient (Wildman–Crippen LogP) is 3.00. The average Bonchev–Trinajstić information content (AvgIpc) is 2.96. The molecule has 1 saturated heterocycles. The van der Waals surface area contributed by atoms with E-state index in [0.29, 0.717) is 0 Å². The molecule has 2 aliphatic rings. The first-order valence-corrected chi connectivity index (χ1v) is 9.88. The first kappa shape index (κ1) is 15.4. The van der Waals surface area contributed by atoms with Crippen molar-refractivity contribution in [2.75, 3.05) is 32.4 Å². The number of piperidine rings is 1. The summed E-state index contributed by atoms with van der Waals surface area (Å²) in [6.07, 6.45) is 4.70. The van der Waals surface area contributed by atoms with Gasteiger partial charge in [-0.15, -0.1) is 11.3 Å². The number of hydrogen-bond acceptors (Lipinski definition) is 4. The number of nitrogens with zero attached hydrogens (tertiary/aromatic N) is 1. The number of hydrogen-bond donors (Lipinski definition) is 1. The Bertz CT molecular complexity index is 469. The summed E-state index contributed by atoms with van der Waals surface area (Å²) in [5.41, 5.74) is 1.41. The van der Waals surface area contributed by atoms with Crippen molar-refractivity contribution >= 4 is 29.0 Å². The number of likely N-dealkylation sites (tertiary alicyclic amines) is 1. The summed E-state index contributed by atoms with van der Waals surface area (Å²) in [6, 6.07) is 2.15. The van der Waals surface area contributed by atoms with Crippen molar-refractivity contribution in [3.8, 4) is 0 Å². The van der Waals surface area contributed by atoms with Crippen molar-refractivity contribution < 1.29 is 4.79 Å². The molecule has 3 nitrogen and oxygen atoms in total. The molecule has 0 unspecified atom stereocenters. The predicted molar refractivity (Wildman–Crippen MR) is 91.4 cm³/mol. The van der Waals surface area contributed by atoms with Gasteiger partial charge < -0.3 is 10.2 Å². The van der Waals surface area contributed by atoms with E-state index in [0.717, 1.165) is 55.4 Å². The smallest absolute Gasteiger partial charge is 0.263 e. The molecule has 0 atom stereocenters. The summed E-state index contributed by atoms with van der Waals surface area (Å²) in [5, 5.41) is 3.22. The summed E-state index contributed by atoms with van der Waals surface area (Å²) in [7, 11) is 2.01. The number of amides is 1. The number of carbonyl (C=O) groups excluding carboxylic acids is 1. The second kappa shape index (κ2) is 7.16. The Hall–Kier alpha value is -0.520. The molecule has 0 aliphatic carbocycles. The van der Waals surface area contributed by atoms with Gasteiger partial charge in [0.25, 0.3) is 5.91 Å². The van der Waals surface area contributed by atoms with Crippen LogP contribution in [0.2, 0.25) is 0 Å². The van der Waals surface area contributed by atoms with Gasteiger partial charge >= 0.3 is 0 Å². The van der Waals surface area contributed by atoms with Gasteiger partial charge in [0, 0.05) is 23.7 Å². The molecule has 0 saturated carbocycles. The summed E-state index contributed by atoms with van der Waals surface area (Å²) in [4.78, 5) is 17.1. The molecule has 1 fully saturated rings. The zero-order valence-electron chi connectivity index (χ0n) is 12.7. The Morgan fingerprint density at radius 3 is 2.95 bits per heavy atom. The Morgan fingerprint density at radius 2 is 2.24 bits per heavy atom. The SMILES string of the molecule is CNCCC1CCN(C(=O)c2cc3c(s2)CCSC3)CC1. The molecule has 1 aromatic rings. The number of nitrogens with one attached hydrogen (secondary N) is 1. The molecular formula is C16H24N2OS2. The fourth-order valence-electron chi connectivity index (χ4n) is 3.18. The zero-order valence-corrected chi connectivity index (χ0v) is 14.3. The maximum atomic E-state index is 12.7. The maximum Gasteiger partial charge on any atom is 0.263 e. The molecule has 21 heavy (non-hydrogen) atoms. The fraction of sp³-hybridized carbons (Fsp3) is 0.688. The van der Waals surface area contributed by atoms with Gasteiger partial charge in [-0.05, 0) is 62.6 Å². The van der Waals surface area contributed by atoms with E-state index < -0.39 is 0 Å². The van der Waals surface area contributed by atoms with E-state index in [2.05, 4.69) is 16.3 Å². The number of fused-ring (bicyclic) bond motifs is 1. The number of thiophene rings is 1. The summed E-state index contributed by atoms with van der Waals surface area (Å²) in [6.45, 7) is 2.96. The van der Waals surface area contributed by atoms with E-state index in [1.165, 1.54) is 22.6 Å². The van der Waals surface area contributed by atoms with E-state index in [9.17, 15) is 4.79 Å². The minimum Gasteiger partial charge on any atom is -0.338 e. The van der Waals surface area contributed by atoms with Crippen LogP contribution >= 0.6 is 23.1 Å². The molecule has 1 amide bonds. The molecular weight excluding hydrogens is 300 g/mol. The van der Waals surface area contributed by atoms with Gasteiger partial charge in [0.05, 0.1) is 4.88 Å². The van der Waals surface area contributed by atoms with E-state index in [4.69, 9.17) is 0 Å². The van der Waals surface area contributed by atoms with Crippen LogP contribution in [0.4, 0.5) is 0 Å². The van der Waals surface area contributed by atoms with Gasteiger partial charge in [0.2, 0.25) is 0 Å². The molecule has 0 aromatic carbocycles. The molecule has 1 aromatic heterocycles. The number of rotatable bonds is 4. The molecule has 0 bridgehead atoms. The van der Waals surface area contributed by atoms with Crippen LogP contribution in [-0.2, 0) is 12.2 Å². The lowest BCUT2D eigenvalue weighted by Gasteiger charge is -2.31. The largest absolute Gasteiger partial charge is 0.338 e. The highest BCUT2D eigenvalue weighted by molar-refractivity contribution is 7.98. The van der Waals surface area contributed by atoms with Crippen LogP contribution in [-0.4, -0.2) is 43.2 Å². The molecule has 0 radical (unpaired) electrons. The number of aryl methyl sites for hydroxylation is 1. The van der Waals surface area contributed by atoms with E-state index in [1.54, 1.807) is 11.3 Å². The van der Waals surface area contributed by atoms with Crippen LogP contribution in [0.3, 0.4) is 0 Å². The van der Waals surface area contributed by atoms with Crippen molar-refractivity contribution in [1.29, 1.82) is 0 Å². The zero-order chi connectivity index (χ0) is 14.7. The summed E-state index contributed by atoms with van der Waals surface area (Å²) < 4.78 is 0. The van der Waals surface area contributed by atoms with Gasteiger partial charge in [-0.1, -0.05) is 0 Å². The van der Waals surface area contributed by atoms with Gasteiger partial charge in [0.15, 0.2) is 0 Å². The van der Waals surface area contributed by atoms with Crippen LogP contribution in [0, 0.1) is 5.92 Å². The normalized spacial score (nSPS) is 19.6. The molecule has 0 spiro atoms. The first-order valence-electron chi connectivity index (χ1n) is 7.91. The van der Waals surface area contributed by atoms with Gasteiger partial charge in [-0.25, -0.2) is 0 Å². The van der Waals surface area contributed by atoms with Crippen molar-refractivity contribution in [3.63, 3.8) is 0 Å². The van der Waals surface area contributed by atoms with Crippen LogP contribution in [0.15, 0.2) is 6.07 Å². The lowest BCUT2D eigenvalue weighted by atomic mass is 9.93. The van der Waals surface area contributed by atoms with Crippen LogP contribution < -0.4 is 5.32 Å². The molecule has 5 heteroatoms. The molecule has 2 aliphatic heterocycles. The Balaban J connectivity index is 1.57. The molecule has 1 N–H and O–H groups in total.